The Morgan fingerprint density at radius 2 is 1.65 bits per heavy atom. The summed E-state index contributed by atoms with van der Waals surface area (Å²) in [5, 5.41) is 25.2. The third kappa shape index (κ3) is 4.25. The number of ketones is 1. The van der Waals surface area contributed by atoms with Gasteiger partial charge in [0.05, 0.1) is 5.69 Å². The van der Waals surface area contributed by atoms with Crippen LogP contribution in [-0.4, -0.2) is 42.9 Å². The highest BCUT2D eigenvalue weighted by Crippen LogP contribution is 2.48. The maximum absolute atomic E-state index is 13.8. The first kappa shape index (κ1) is 28.3. The highest BCUT2D eigenvalue weighted by Gasteiger charge is 2.48. The molecule has 0 aromatic carbocycles. The number of rotatable bonds is 6. The van der Waals surface area contributed by atoms with Crippen LogP contribution in [0.5, 0.6) is 0 Å². The number of Topliss-reactive ketones (excluding diaryl/α,β-unsaturated/α-hetero) is 1. The second kappa shape index (κ2) is 10.2. The summed E-state index contributed by atoms with van der Waals surface area (Å²) in [6, 6.07) is 0. The molecule has 1 aliphatic carbocycles. The molecule has 2 aliphatic heterocycles. The van der Waals surface area contributed by atoms with Crippen LogP contribution in [-0.2, 0) is 16.0 Å². The van der Waals surface area contributed by atoms with Gasteiger partial charge < -0.3 is 30.5 Å². The number of carbonyl (C=O) groups excluding carboxylic acids is 1. The predicted octanol–water partition coefficient (Wildman–Crippen LogP) is 4.14. The Kier molecular flexibility index (Phi) is 6.71. The predicted molar refractivity (Wildman–Crippen MR) is 165 cm³/mol. The average molecular weight is 581 g/mol. The molecule has 9 heteroatoms. The number of aromatic amines is 3. The molecule has 1 fully saturated rings. The molecular formula is C34H36N4O5. The lowest BCUT2D eigenvalue weighted by atomic mass is 9.85. The van der Waals surface area contributed by atoms with E-state index in [1.165, 1.54) is 0 Å². The van der Waals surface area contributed by atoms with Gasteiger partial charge in [-0.25, -0.2) is 0 Å². The van der Waals surface area contributed by atoms with E-state index in [4.69, 9.17) is 0 Å². The van der Waals surface area contributed by atoms with Gasteiger partial charge >= 0.3 is 11.9 Å². The summed E-state index contributed by atoms with van der Waals surface area (Å²) >= 11 is 0. The Labute approximate surface area is 248 Å². The molecular weight excluding hydrogens is 544 g/mol. The quantitative estimate of drug-likeness (QED) is 0.241. The summed E-state index contributed by atoms with van der Waals surface area (Å²) < 4.78 is 0. The second-order valence-electron chi connectivity index (χ2n) is 11.8. The molecule has 3 atom stereocenters. The minimum absolute atomic E-state index is 0.0859. The van der Waals surface area contributed by atoms with Crippen molar-refractivity contribution in [2.24, 2.45) is 17.8 Å². The van der Waals surface area contributed by atoms with Crippen molar-refractivity contribution in [3.63, 3.8) is 0 Å². The van der Waals surface area contributed by atoms with E-state index in [1.807, 2.05) is 39.0 Å². The largest absolute Gasteiger partial charge is 0.481 e. The van der Waals surface area contributed by atoms with Gasteiger partial charge in [-0.3, -0.25) is 14.4 Å². The number of aromatic nitrogens is 3. The first-order valence-corrected chi connectivity index (χ1v) is 14.7. The van der Waals surface area contributed by atoms with Crippen molar-refractivity contribution in [3.8, 4) is 0 Å². The lowest BCUT2D eigenvalue weighted by Gasteiger charge is -2.18. The normalized spacial score (nSPS) is 20.4. The lowest BCUT2D eigenvalue weighted by molar-refractivity contribution is -0.139. The van der Waals surface area contributed by atoms with Crippen LogP contribution in [0.2, 0.25) is 0 Å². The lowest BCUT2D eigenvalue weighted by Crippen LogP contribution is -2.24. The van der Waals surface area contributed by atoms with Crippen LogP contribution in [0.25, 0.3) is 29.9 Å². The van der Waals surface area contributed by atoms with Gasteiger partial charge in [0.1, 0.15) is 5.92 Å². The number of allylic oxidation sites excluding steroid dienone is 2. The van der Waals surface area contributed by atoms with Gasteiger partial charge in [-0.1, -0.05) is 26.5 Å². The Morgan fingerprint density at radius 3 is 2.30 bits per heavy atom. The van der Waals surface area contributed by atoms with Crippen LogP contribution < -0.4 is 16.0 Å². The van der Waals surface area contributed by atoms with Crippen LogP contribution in [0, 0.1) is 38.5 Å². The smallest absolute Gasteiger partial charge is 0.319 e. The minimum atomic E-state index is -1.39. The zero-order valence-corrected chi connectivity index (χ0v) is 25.0. The standard InChI is InChI=1S/C34H36N4O5/c1-7-18-14(3)21-11-23-16(5)20(9-10-27(39)40)31(37-23)29-30(34(42)43)33(41)28-17(6)24(38-32(28)29)13-26-19(8-2)15(4)22(36-26)12-25(18)35-21/h7,11-13,16,20,30,35-38H,1,8-10H2,2-6H3,(H,39,40)(H,42,43). The van der Waals surface area contributed by atoms with Gasteiger partial charge in [-0.05, 0) is 74.1 Å². The molecule has 3 aliphatic rings. The number of carboxylic acid groups (broad SMARTS) is 2. The van der Waals surface area contributed by atoms with Crippen LogP contribution >= 0.6 is 0 Å². The maximum Gasteiger partial charge on any atom is 0.319 e. The van der Waals surface area contributed by atoms with Crippen molar-refractivity contribution >= 4 is 47.6 Å². The summed E-state index contributed by atoms with van der Waals surface area (Å²) in [5.41, 5.74) is 10.1. The van der Waals surface area contributed by atoms with Gasteiger partial charge in [0.25, 0.3) is 0 Å². The monoisotopic (exact) mass is 580 g/mol. The second-order valence-corrected chi connectivity index (χ2v) is 11.8. The maximum atomic E-state index is 13.8. The highest BCUT2D eigenvalue weighted by molar-refractivity contribution is 6.24. The van der Waals surface area contributed by atoms with Crippen molar-refractivity contribution in [3.05, 3.63) is 84.8 Å². The number of nitrogens with one attached hydrogen (secondary N) is 4. The fourth-order valence-corrected chi connectivity index (χ4v) is 7.17. The third-order valence-corrected chi connectivity index (χ3v) is 9.56. The van der Waals surface area contributed by atoms with E-state index in [9.17, 15) is 24.6 Å². The van der Waals surface area contributed by atoms with Gasteiger partial charge in [0.2, 0.25) is 0 Å². The van der Waals surface area contributed by atoms with E-state index in [0.717, 1.165) is 62.2 Å². The van der Waals surface area contributed by atoms with Crippen LogP contribution in [0.3, 0.4) is 0 Å². The zero-order valence-electron chi connectivity index (χ0n) is 25.0. The molecule has 1 saturated heterocycles. The Morgan fingerprint density at radius 1 is 0.953 bits per heavy atom. The first-order chi connectivity index (χ1) is 20.5. The van der Waals surface area contributed by atoms with Crippen molar-refractivity contribution in [1.29, 1.82) is 0 Å². The molecule has 0 saturated carbocycles. The Balaban J connectivity index is 1.74. The first-order valence-electron chi connectivity index (χ1n) is 14.7. The summed E-state index contributed by atoms with van der Waals surface area (Å²) in [4.78, 5) is 48.6. The van der Waals surface area contributed by atoms with E-state index in [0.29, 0.717) is 34.5 Å². The summed E-state index contributed by atoms with van der Waals surface area (Å²) in [6.07, 6.45) is 8.92. The number of carboxylic acids is 2. The van der Waals surface area contributed by atoms with E-state index < -0.39 is 23.6 Å². The van der Waals surface area contributed by atoms with Crippen molar-refractivity contribution in [1.82, 2.24) is 20.3 Å². The minimum Gasteiger partial charge on any atom is -0.481 e. The number of H-pyrrole nitrogens is 3. The average Bonchev–Trinajstić information content (AvgIpc) is 3.68. The molecule has 6 N–H and O–H groups in total. The summed E-state index contributed by atoms with van der Waals surface area (Å²) in [7, 11) is 0. The molecule has 9 nitrogen and oxygen atoms in total. The van der Waals surface area contributed by atoms with Crippen LogP contribution in [0.1, 0.15) is 87.6 Å². The number of hydrogen-bond acceptors (Lipinski definition) is 4. The molecule has 0 radical (unpaired) electrons. The third-order valence-electron chi connectivity index (χ3n) is 9.56. The van der Waals surface area contributed by atoms with Gasteiger partial charge in [-0.2, -0.15) is 0 Å². The molecule has 3 aromatic heterocycles. The van der Waals surface area contributed by atoms with Crippen molar-refractivity contribution in [2.45, 2.75) is 53.9 Å². The molecule has 222 valence electrons. The number of hydrogen-bond donors (Lipinski definition) is 6. The molecule has 3 unspecified atom stereocenters. The van der Waals surface area contributed by atoms with Crippen molar-refractivity contribution < 1.29 is 24.6 Å². The Bertz CT molecular complexity index is 1940. The van der Waals surface area contributed by atoms with Crippen LogP contribution in [0.4, 0.5) is 0 Å². The number of carbonyl (C=O) groups is 3. The molecule has 43 heavy (non-hydrogen) atoms. The number of aliphatic carboxylic acids is 2. The Hall–Kier alpha value is -4.79. The fourth-order valence-electron chi connectivity index (χ4n) is 7.17. The van der Waals surface area contributed by atoms with Crippen LogP contribution in [0.15, 0.2) is 18.0 Å². The molecule has 6 rings (SSSR count). The fraction of sp³-hybridized carbons (Fsp3) is 0.324. The number of fused-ring (bicyclic) bond motifs is 7. The zero-order chi connectivity index (χ0) is 30.9. The van der Waals surface area contributed by atoms with Crippen molar-refractivity contribution in [2.75, 3.05) is 0 Å². The molecule has 0 spiro atoms. The summed E-state index contributed by atoms with van der Waals surface area (Å²) in [5.74, 6) is -4.49. The SMILES string of the molecule is C=Cc1c2[nH]c(c1C)C=C1NC(=C3c4[nH]c(c(C)c4C(=O)C3C(=O)O)C=c3[nH]c(c(C)c3CC)=C2)C(CCC(=O)O)C1C. The van der Waals surface area contributed by atoms with Gasteiger partial charge in [0, 0.05) is 74.1 Å². The van der Waals surface area contributed by atoms with E-state index in [2.05, 4.69) is 46.8 Å². The molecule has 3 aromatic rings. The van der Waals surface area contributed by atoms with E-state index in [-0.39, 0.29) is 18.3 Å². The van der Waals surface area contributed by atoms with E-state index >= 15 is 0 Å². The molecule has 5 heterocycles. The van der Waals surface area contributed by atoms with Gasteiger partial charge in [0.15, 0.2) is 5.78 Å². The molecule has 0 amide bonds. The van der Waals surface area contributed by atoms with E-state index in [1.54, 1.807) is 0 Å². The van der Waals surface area contributed by atoms with Gasteiger partial charge in [-0.15, -0.1) is 0 Å². The highest BCUT2D eigenvalue weighted by atomic mass is 16.4. The topological polar surface area (TPSA) is 151 Å². The summed E-state index contributed by atoms with van der Waals surface area (Å²) in [6.45, 7) is 14.1. The molecule has 8 bridgehead atoms.